The van der Waals surface area contributed by atoms with Crippen molar-refractivity contribution in [2.24, 2.45) is 0 Å². The SMILES string of the molecule is CCN(O)C(=O)Oc1ccc(C)cc1. The highest BCUT2D eigenvalue weighted by Crippen LogP contribution is 2.12. The van der Waals surface area contributed by atoms with E-state index in [2.05, 4.69) is 0 Å². The highest BCUT2D eigenvalue weighted by Gasteiger charge is 2.10. The smallest absolute Gasteiger partial charge is 0.409 e. The second-order valence-corrected chi connectivity index (χ2v) is 2.90. The maximum atomic E-state index is 11.1. The molecule has 0 heterocycles. The van der Waals surface area contributed by atoms with E-state index in [-0.39, 0.29) is 6.54 Å². The lowest BCUT2D eigenvalue weighted by molar-refractivity contribution is -0.0559. The molecule has 0 radical (unpaired) electrons. The van der Waals surface area contributed by atoms with E-state index in [4.69, 9.17) is 9.94 Å². The van der Waals surface area contributed by atoms with Crippen LogP contribution >= 0.6 is 0 Å². The zero-order valence-electron chi connectivity index (χ0n) is 8.23. The van der Waals surface area contributed by atoms with Crippen LogP contribution in [0.3, 0.4) is 0 Å². The van der Waals surface area contributed by atoms with E-state index in [1.807, 2.05) is 19.1 Å². The van der Waals surface area contributed by atoms with Gasteiger partial charge in [-0.15, -0.1) is 0 Å². The largest absolute Gasteiger partial charge is 0.439 e. The molecule has 0 saturated carbocycles. The Labute approximate surface area is 82.7 Å². The van der Waals surface area contributed by atoms with E-state index in [1.165, 1.54) is 0 Å². The highest BCUT2D eigenvalue weighted by molar-refractivity contribution is 5.69. The van der Waals surface area contributed by atoms with E-state index in [0.29, 0.717) is 10.8 Å². The first-order chi connectivity index (χ1) is 6.63. The second kappa shape index (κ2) is 4.62. The van der Waals surface area contributed by atoms with Crippen molar-refractivity contribution < 1.29 is 14.7 Å². The molecule has 1 rings (SSSR count). The molecule has 4 heteroatoms. The maximum absolute atomic E-state index is 11.1. The number of aryl methyl sites for hydroxylation is 1. The minimum atomic E-state index is -0.767. The van der Waals surface area contributed by atoms with E-state index in [1.54, 1.807) is 19.1 Å². The fourth-order valence-electron chi connectivity index (χ4n) is 0.889. The van der Waals surface area contributed by atoms with Gasteiger partial charge in [0.25, 0.3) is 0 Å². The van der Waals surface area contributed by atoms with Gasteiger partial charge in [-0.05, 0) is 26.0 Å². The van der Waals surface area contributed by atoms with E-state index < -0.39 is 6.09 Å². The number of carbonyl (C=O) groups is 1. The zero-order valence-corrected chi connectivity index (χ0v) is 8.23. The van der Waals surface area contributed by atoms with Crippen LogP contribution in [-0.2, 0) is 0 Å². The van der Waals surface area contributed by atoms with Crippen LogP contribution < -0.4 is 4.74 Å². The molecule has 76 valence electrons. The minimum absolute atomic E-state index is 0.199. The van der Waals surface area contributed by atoms with Gasteiger partial charge in [0.05, 0.1) is 0 Å². The summed E-state index contributed by atoms with van der Waals surface area (Å²) in [6.45, 7) is 3.79. The van der Waals surface area contributed by atoms with Gasteiger partial charge in [-0.1, -0.05) is 17.7 Å². The molecule has 1 N–H and O–H groups in total. The molecular weight excluding hydrogens is 182 g/mol. The Kier molecular flexibility index (Phi) is 3.48. The van der Waals surface area contributed by atoms with Crippen LogP contribution in [0, 0.1) is 6.92 Å². The quantitative estimate of drug-likeness (QED) is 0.581. The first-order valence-corrected chi connectivity index (χ1v) is 4.38. The number of amides is 1. The molecule has 1 aromatic carbocycles. The first-order valence-electron chi connectivity index (χ1n) is 4.38. The molecule has 0 saturated heterocycles. The van der Waals surface area contributed by atoms with E-state index >= 15 is 0 Å². The normalized spacial score (nSPS) is 9.64. The molecular formula is C10H13NO3. The molecule has 0 aromatic heterocycles. The molecule has 0 aliphatic heterocycles. The Morgan fingerprint density at radius 3 is 2.50 bits per heavy atom. The van der Waals surface area contributed by atoms with Crippen molar-refractivity contribution in [3.8, 4) is 5.75 Å². The first kappa shape index (κ1) is 10.5. The van der Waals surface area contributed by atoms with Crippen LogP contribution in [0.15, 0.2) is 24.3 Å². The van der Waals surface area contributed by atoms with Crippen molar-refractivity contribution in [1.82, 2.24) is 5.06 Å². The molecule has 0 aliphatic rings. The van der Waals surface area contributed by atoms with Gasteiger partial charge in [-0.3, -0.25) is 5.21 Å². The lowest BCUT2D eigenvalue weighted by atomic mass is 10.2. The van der Waals surface area contributed by atoms with Gasteiger partial charge in [0.15, 0.2) is 0 Å². The fraction of sp³-hybridized carbons (Fsp3) is 0.300. The third-order valence-electron chi connectivity index (χ3n) is 1.74. The summed E-state index contributed by atoms with van der Waals surface area (Å²) in [5.41, 5.74) is 1.08. The van der Waals surface area contributed by atoms with Crippen molar-refractivity contribution in [3.63, 3.8) is 0 Å². The monoisotopic (exact) mass is 195 g/mol. The molecule has 0 bridgehead atoms. The topological polar surface area (TPSA) is 49.8 Å². The van der Waals surface area contributed by atoms with Gasteiger partial charge >= 0.3 is 6.09 Å². The lowest BCUT2D eigenvalue weighted by Crippen LogP contribution is -2.29. The average molecular weight is 195 g/mol. The van der Waals surface area contributed by atoms with Gasteiger partial charge in [0, 0.05) is 6.54 Å². The summed E-state index contributed by atoms with van der Waals surface area (Å²) in [4.78, 5) is 11.1. The predicted octanol–water partition coefficient (Wildman–Crippen LogP) is 2.20. The number of nitrogens with zero attached hydrogens (tertiary/aromatic N) is 1. The van der Waals surface area contributed by atoms with Crippen molar-refractivity contribution in [2.45, 2.75) is 13.8 Å². The summed E-state index contributed by atoms with van der Waals surface area (Å²) >= 11 is 0. The van der Waals surface area contributed by atoms with Gasteiger partial charge in [-0.2, -0.15) is 5.06 Å². The standard InChI is InChI=1S/C10H13NO3/c1-3-11(13)10(12)14-9-6-4-8(2)5-7-9/h4-7,13H,3H2,1-2H3. The summed E-state index contributed by atoms with van der Waals surface area (Å²) in [6.07, 6.45) is -0.767. The molecule has 1 aromatic rings. The summed E-state index contributed by atoms with van der Waals surface area (Å²) in [5, 5.41) is 9.51. The maximum Gasteiger partial charge on any atom is 0.439 e. The number of benzene rings is 1. The lowest BCUT2D eigenvalue weighted by Gasteiger charge is -2.11. The molecule has 0 aliphatic carbocycles. The molecule has 1 amide bonds. The number of hydrogen-bond donors (Lipinski definition) is 1. The molecule has 4 nitrogen and oxygen atoms in total. The van der Waals surface area contributed by atoms with E-state index in [0.717, 1.165) is 5.56 Å². The van der Waals surface area contributed by atoms with Gasteiger partial charge in [0.1, 0.15) is 5.75 Å². The van der Waals surface area contributed by atoms with Crippen LogP contribution in [0.4, 0.5) is 4.79 Å². The average Bonchev–Trinajstić information content (AvgIpc) is 2.20. The predicted molar refractivity (Wildman–Crippen MR) is 51.4 cm³/mol. The molecule has 14 heavy (non-hydrogen) atoms. The van der Waals surface area contributed by atoms with Gasteiger partial charge in [0.2, 0.25) is 0 Å². The summed E-state index contributed by atoms with van der Waals surface area (Å²) in [7, 11) is 0. The van der Waals surface area contributed by atoms with Crippen LogP contribution in [0.1, 0.15) is 12.5 Å². The molecule has 0 atom stereocenters. The van der Waals surface area contributed by atoms with Crippen LogP contribution in [0.25, 0.3) is 0 Å². The van der Waals surface area contributed by atoms with Crippen LogP contribution in [0.2, 0.25) is 0 Å². The molecule has 0 spiro atoms. The number of rotatable bonds is 2. The Balaban J connectivity index is 2.60. The number of carbonyl (C=O) groups excluding carboxylic acids is 1. The number of hydrogen-bond acceptors (Lipinski definition) is 3. The van der Waals surface area contributed by atoms with Crippen LogP contribution in [0.5, 0.6) is 5.75 Å². The highest BCUT2D eigenvalue weighted by atomic mass is 16.6. The van der Waals surface area contributed by atoms with Crippen molar-refractivity contribution >= 4 is 6.09 Å². The minimum Gasteiger partial charge on any atom is -0.409 e. The summed E-state index contributed by atoms with van der Waals surface area (Å²) in [5.74, 6) is 0.424. The number of hydroxylamine groups is 2. The third kappa shape index (κ3) is 2.74. The Morgan fingerprint density at radius 1 is 1.43 bits per heavy atom. The van der Waals surface area contributed by atoms with Crippen molar-refractivity contribution in [1.29, 1.82) is 0 Å². The Morgan fingerprint density at radius 2 is 2.00 bits per heavy atom. The van der Waals surface area contributed by atoms with E-state index in [9.17, 15) is 4.79 Å². The van der Waals surface area contributed by atoms with Gasteiger partial charge < -0.3 is 4.74 Å². The molecule has 0 unspecified atom stereocenters. The van der Waals surface area contributed by atoms with Gasteiger partial charge in [-0.25, -0.2) is 4.79 Å². The Hall–Kier alpha value is -1.55. The van der Waals surface area contributed by atoms with Crippen molar-refractivity contribution in [3.05, 3.63) is 29.8 Å². The van der Waals surface area contributed by atoms with Crippen LogP contribution in [-0.4, -0.2) is 22.9 Å². The van der Waals surface area contributed by atoms with Crippen molar-refractivity contribution in [2.75, 3.05) is 6.54 Å². The fourth-order valence-corrected chi connectivity index (χ4v) is 0.889. The summed E-state index contributed by atoms with van der Waals surface area (Å²) < 4.78 is 4.86. The molecule has 0 fully saturated rings. The summed E-state index contributed by atoms with van der Waals surface area (Å²) in [6, 6.07) is 7.01. The zero-order chi connectivity index (χ0) is 10.6. The third-order valence-corrected chi connectivity index (χ3v) is 1.74. The Bertz CT molecular complexity index is 308. The second-order valence-electron chi connectivity index (χ2n) is 2.90. The number of ether oxygens (including phenoxy) is 1.